The summed E-state index contributed by atoms with van der Waals surface area (Å²) in [7, 11) is 3.34. The van der Waals surface area contributed by atoms with E-state index < -0.39 is 0 Å². The molecule has 1 heterocycles. The SMILES string of the molecule is COCCn1ccnc1Nc1cccc(OC)c1. The smallest absolute Gasteiger partial charge is 0.207 e. The summed E-state index contributed by atoms with van der Waals surface area (Å²) in [5.74, 6) is 1.61. The number of benzene rings is 1. The number of nitrogens with one attached hydrogen (secondary N) is 1. The molecule has 1 aromatic carbocycles. The zero-order chi connectivity index (χ0) is 12.8. The second-order valence-electron chi connectivity index (χ2n) is 3.79. The average molecular weight is 247 g/mol. The van der Waals surface area contributed by atoms with Gasteiger partial charge in [-0.25, -0.2) is 4.98 Å². The van der Waals surface area contributed by atoms with E-state index in [0.717, 1.165) is 23.9 Å². The first-order chi connectivity index (χ1) is 8.83. The molecular weight excluding hydrogens is 230 g/mol. The Kier molecular flexibility index (Phi) is 4.20. The van der Waals surface area contributed by atoms with Crippen molar-refractivity contribution in [1.82, 2.24) is 9.55 Å². The van der Waals surface area contributed by atoms with Crippen molar-refractivity contribution >= 4 is 11.6 Å². The molecule has 2 rings (SSSR count). The van der Waals surface area contributed by atoms with Gasteiger partial charge in [0.1, 0.15) is 5.75 Å². The second-order valence-corrected chi connectivity index (χ2v) is 3.79. The molecule has 0 atom stereocenters. The molecule has 18 heavy (non-hydrogen) atoms. The summed E-state index contributed by atoms with van der Waals surface area (Å²) in [5.41, 5.74) is 0.944. The van der Waals surface area contributed by atoms with Gasteiger partial charge in [0.15, 0.2) is 0 Å². The molecule has 2 aromatic rings. The van der Waals surface area contributed by atoms with Crippen LogP contribution in [0.2, 0.25) is 0 Å². The van der Waals surface area contributed by atoms with Crippen LogP contribution in [0.1, 0.15) is 0 Å². The Morgan fingerprint density at radius 2 is 2.22 bits per heavy atom. The van der Waals surface area contributed by atoms with E-state index in [-0.39, 0.29) is 0 Å². The lowest BCUT2D eigenvalue weighted by Crippen LogP contribution is -2.07. The number of rotatable bonds is 6. The summed E-state index contributed by atoms with van der Waals surface area (Å²) in [6.45, 7) is 1.42. The zero-order valence-corrected chi connectivity index (χ0v) is 10.6. The minimum Gasteiger partial charge on any atom is -0.497 e. The molecule has 0 amide bonds. The van der Waals surface area contributed by atoms with Crippen LogP contribution in [-0.4, -0.2) is 30.4 Å². The topological polar surface area (TPSA) is 48.3 Å². The molecule has 96 valence electrons. The molecule has 0 aliphatic rings. The van der Waals surface area contributed by atoms with Gasteiger partial charge < -0.3 is 19.4 Å². The van der Waals surface area contributed by atoms with E-state index in [4.69, 9.17) is 9.47 Å². The average Bonchev–Trinajstić information content (AvgIpc) is 2.84. The summed E-state index contributed by atoms with van der Waals surface area (Å²) in [5, 5.41) is 3.25. The van der Waals surface area contributed by atoms with E-state index in [1.54, 1.807) is 20.4 Å². The van der Waals surface area contributed by atoms with Crippen molar-refractivity contribution in [3.05, 3.63) is 36.7 Å². The quantitative estimate of drug-likeness (QED) is 0.850. The number of hydrogen-bond acceptors (Lipinski definition) is 4. The molecule has 0 spiro atoms. The van der Waals surface area contributed by atoms with E-state index in [9.17, 15) is 0 Å². The van der Waals surface area contributed by atoms with E-state index in [1.807, 2.05) is 35.0 Å². The molecule has 0 aliphatic carbocycles. The maximum atomic E-state index is 5.18. The number of ether oxygens (including phenoxy) is 2. The van der Waals surface area contributed by atoms with Gasteiger partial charge in [-0.2, -0.15) is 0 Å². The lowest BCUT2D eigenvalue weighted by molar-refractivity contribution is 0.188. The van der Waals surface area contributed by atoms with Gasteiger partial charge in [-0.15, -0.1) is 0 Å². The summed E-state index contributed by atoms with van der Waals surface area (Å²) in [6, 6.07) is 7.74. The van der Waals surface area contributed by atoms with Gasteiger partial charge in [0.05, 0.1) is 13.7 Å². The summed E-state index contributed by atoms with van der Waals surface area (Å²) in [6.07, 6.45) is 3.68. The number of anilines is 2. The Morgan fingerprint density at radius 3 is 3.00 bits per heavy atom. The monoisotopic (exact) mass is 247 g/mol. The van der Waals surface area contributed by atoms with Gasteiger partial charge in [-0.05, 0) is 12.1 Å². The number of methoxy groups -OCH3 is 2. The fourth-order valence-corrected chi connectivity index (χ4v) is 1.63. The fourth-order valence-electron chi connectivity index (χ4n) is 1.63. The van der Waals surface area contributed by atoms with Gasteiger partial charge in [-0.1, -0.05) is 6.07 Å². The third-order valence-corrected chi connectivity index (χ3v) is 2.58. The van der Waals surface area contributed by atoms with Gasteiger partial charge in [0, 0.05) is 37.8 Å². The van der Waals surface area contributed by atoms with Crippen molar-refractivity contribution in [2.45, 2.75) is 6.54 Å². The summed E-state index contributed by atoms with van der Waals surface area (Å²) < 4.78 is 12.2. The van der Waals surface area contributed by atoms with Crippen molar-refractivity contribution in [2.75, 3.05) is 26.1 Å². The largest absolute Gasteiger partial charge is 0.497 e. The highest BCUT2D eigenvalue weighted by atomic mass is 16.5. The molecule has 0 saturated heterocycles. The lowest BCUT2D eigenvalue weighted by atomic mass is 10.3. The molecule has 1 N–H and O–H groups in total. The third kappa shape index (κ3) is 3.01. The van der Waals surface area contributed by atoms with Gasteiger partial charge in [0.2, 0.25) is 5.95 Å². The van der Waals surface area contributed by atoms with E-state index >= 15 is 0 Å². The van der Waals surface area contributed by atoms with Crippen LogP contribution in [0.5, 0.6) is 5.75 Å². The molecule has 0 radical (unpaired) electrons. The van der Waals surface area contributed by atoms with E-state index in [2.05, 4.69) is 10.3 Å². The van der Waals surface area contributed by atoms with Crippen LogP contribution in [0.25, 0.3) is 0 Å². The summed E-state index contributed by atoms with van der Waals surface area (Å²) >= 11 is 0. The maximum Gasteiger partial charge on any atom is 0.207 e. The highest BCUT2D eigenvalue weighted by molar-refractivity contribution is 5.56. The normalized spacial score (nSPS) is 10.3. The molecule has 0 fully saturated rings. The Balaban J connectivity index is 2.10. The fraction of sp³-hybridized carbons (Fsp3) is 0.308. The van der Waals surface area contributed by atoms with Crippen molar-refractivity contribution in [3.63, 3.8) is 0 Å². The van der Waals surface area contributed by atoms with Gasteiger partial charge >= 0.3 is 0 Å². The lowest BCUT2D eigenvalue weighted by Gasteiger charge is -2.10. The van der Waals surface area contributed by atoms with Crippen molar-refractivity contribution in [2.24, 2.45) is 0 Å². The Hall–Kier alpha value is -2.01. The predicted octanol–water partition coefficient (Wildman–Crippen LogP) is 2.28. The minimum atomic E-state index is 0.656. The molecule has 1 aromatic heterocycles. The maximum absolute atomic E-state index is 5.18. The minimum absolute atomic E-state index is 0.656. The highest BCUT2D eigenvalue weighted by Crippen LogP contribution is 2.20. The highest BCUT2D eigenvalue weighted by Gasteiger charge is 2.03. The molecule has 0 unspecified atom stereocenters. The van der Waals surface area contributed by atoms with Crippen LogP contribution in [-0.2, 0) is 11.3 Å². The van der Waals surface area contributed by atoms with E-state index in [0.29, 0.717) is 6.61 Å². The molecule has 0 aliphatic heterocycles. The van der Waals surface area contributed by atoms with E-state index in [1.165, 1.54) is 0 Å². The molecule has 0 bridgehead atoms. The standard InChI is InChI=1S/C13H17N3O2/c1-17-9-8-16-7-6-14-13(16)15-11-4-3-5-12(10-11)18-2/h3-7,10H,8-9H2,1-2H3,(H,14,15). The molecule has 5 nitrogen and oxygen atoms in total. The first-order valence-corrected chi connectivity index (χ1v) is 5.74. The molecule has 5 heteroatoms. The van der Waals surface area contributed by atoms with Gasteiger partial charge in [0.25, 0.3) is 0 Å². The van der Waals surface area contributed by atoms with Crippen LogP contribution in [0.3, 0.4) is 0 Å². The first-order valence-electron chi connectivity index (χ1n) is 5.74. The third-order valence-electron chi connectivity index (χ3n) is 2.58. The Bertz CT molecular complexity index is 496. The van der Waals surface area contributed by atoms with Gasteiger partial charge in [-0.3, -0.25) is 0 Å². The zero-order valence-electron chi connectivity index (χ0n) is 10.6. The number of imidazole rings is 1. The number of hydrogen-bond donors (Lipinski definition) is 1. The van der Waals surface area contributed by atoms with Crippen molar-refractivity contribution < 1.29 is 9.47 Å². The van der Waals surface area contributed by atoms with Crippen LogP contribution in [0, 0.1) is 0 Å². The second kappa shape index (κ2) is 6.07. The predicted molar refractivity (Wildman–Crippen MR) is 70.4 cm³/mol. The number of nitrogens with zero attached hydrogens (tertiary/aromatic N) is 2. The first kappa shape index (κ1) is 12.4. The Labute approximate surface area is 106 Å². The van der Waals surface area contributed by atoms with Crippen LogP contribution < -0.4 is 10.1 Å². The van der Waals surface area contributed by atoms with Crippen molar-refractivity contribution in [1.29, 1.82) is 0 Å². The van der Waals surface area contributed by atoms with Crippen molar-refractivity contribution in [3.8, 4) is 5.75 Å². The Morgan fingerprint density at radius 1 is 1.33 bits per heavy atom. The summed E-state index contributed by atoms with van der Waals surface area (Å²) in [4.78, 5) is 4.28. The number of aromatic nitrogens is 2. The molecular formula is C13H17N3O2. The van der Waals surface area contributed by atoms with Crippen LogP contribution in [0.15, 0.2) is 36.7 Å². The molecule has 0 saturated carbocycles. The van der Waals surface area contributed by atoms with Crippen LogP contribution >= 0.6 is 0 Å². The van der Waals surface area contributed by atoms with Crippen LogP contribution in [0.4, 0.5) is 11.6 Å².